The topological polar surface area (TPSA) is 97.4 Å². The highest BCUT2D eigenvalue weighted by Gasteiger charge is 2.20. The van der Waals surface area contributed by atoms with Crippen LogP contribution < -0.4 is 10.9 Å². The van der Waals surface area contributed by atoms with Crippen LogP contribution in [0.3, 0.4) is 0 Å². The third kappa shape index (κ3) is 3.15. The molecule has 0 radical (unpaired) electrons. The Kier molecular flexibility index (Phi) is 4.35. The van der Waals surface area contributed by atoms with Crippen molar-refractivity contribution in [1.29, 1.82) is 0 Å². The molecule has 0 fully saturated rings. The molecule has 8 heteroatoms. The Hall–Kier alpha value is -2.90. The smallest absolute Gasteiger partial charge is 0.274 e. The van der Waals surface area contributed by atoms with Gasteiger partial charge in [-0.1, -0.05) is 5.16 Å². The largest absolute Gasteiger partial charge is 0.361 e. The highest BCUT2D eigenvalue weighted by Crippen LogP contribution is 2.15. The van der Waals surface area contributed by atoms with Crippen molar-refractivity contribution < 1.29 is 14.1 Å². The molecule has 0 atom stereocenters. The van der Waals surface area contributed by atoms with Crippen LogP contribution in [-0.4, -0.2) is 40.5 Å². The molecule has 0 unspecified atom stereocenters. The lowest BCUT2D eigenvalue weighted by molar-refractivity contribution is 0.0826. The van der Waals surface area contributed by atoms with Crippen molar-refractivity contribution in [2.45, 2.75) is 13.8 Å². The standard InChI is InChI=1S/C15H18N4O4/c1-8-12(9(2)23-17-8)13(20)16-11-6-10(14(21)18(3)4)7-19(5)15(11)22/h6-7H,1-5H3,(H,16,20). The molecule has 1 N–H and O–H groups in total. The van der Waals surface area contributed by atoms with Gasteiger partial charge in [-0.25, -0.2) is 0 Å². The van der Waals surface area contributed by atoms with Crippen LogP contribution in [0.1, 0.15) is 32.2 Å². The predicted octanol–water partition coefficient (Wildman–Crippen LogP) is 0.944. The number of hydrogen-bond donors (Lipinski definition) is 1. The van der Waals surface area contributed by atoms with Gasteiger partial charge in [0.05, 0.1) is 11.3 Å². The molecule has 2 aromatic rings. The first-order valence-corrected chi connectivity index (χ1v) is 6.89. The van der Waals surface area contributed by atoms with E-state index in [2.05, 4.69) is 10.5 Å². The Labute approximate surface area is 132 Å². The minimum Gasteiger partial charge on any atom is -0.361 e. The summed E-state index contributed by atoms with van der Waals surface area (Å²) in [6, 6.07) is 1.36. The maximum Gasteiger partial charge on any atom is 0.274 e. The highest BCUT2D eigenvalue weighted by atomic mass is 16.5. The molecule has 0 saturated heterocycles. The summed E-state index contributed by atoms with van der Waals surface area (Å²) in [5.74, 6) is -0.418. The van der Waals surface area contributed by atoms with Crippen molar-refractivity contribution >= 4 is 17.5 Å². The third-order valence-electron chi connectivity index (χ3n) is 3.35. The van der Waals surface area contributed by atoms with Gasteiger partial charge in [-0.3, -0.25) is 14.4 Å². The molecule has 0 aliphatic rings. The summed E-state index contributed by atoms with van der Waals surface area (Å²) in [5, 5.41) is 6.23. The number of anilines is 1. The van der Waals surface area contributed by atoms with Gasteiger partial charge < -0.3 is 19.3 Å². The molecular formula is C15H18N4O4. The van der Waals surface area contributed by atoms with Crippen molar-refractivity contribution in [2.24, 2.45) is 7.05 Å². The van der Waals surface area contributed by atoms with Crippen molar-refractivity contribution in [3.63, 3.8) is 0 Å². The molecule has 2 amide bonds. The zero-order valence-corrected chi connectivity index (χ0v) is 13.6. The number of amides is 2. The quantitative estimate of drug-likeness (QED) is 0.908. The number of carbonyl (C=O) groups is 2. The van der Waals surface area contributed by atoms with E-state index >= 15 is 0 Å². The van der Waals surface area contributed by atoms with E-state index in [9.17, 15) is 14.4 Å². The number of aryl methyl sites for hydroxylation is 3. The number of carbonyl (C=O) groups excluding carboxylic acids is 2. The number of rotatable bonds is 3. The van der Waals surface area contributed by atoms with Gasteiger partial charge in [-0.2, -0.15) is 0 Å². The molecule has 0 aliphatic carbocycles. The summed E-state index contributed by atoms with van der Waals surface area (Å²) >= 11 is 0. The van der Waals surface area contributed by atoms with Crippen molar-refractivity contribution in [2.75, 3.05) is 19.4 Å². The van der Waals surface area contributed by atoms with E-state index in [0.29, 0.717) is 17.0 Å². The van der Waals surface area contributed by atoms with Crippen LogP contribution in [0.2, 0.25) is 0 Å². The fourth-order valence-electron chi connectivity index (χ4n) is 2.17. The van der Waals surface area contributed by atoms with Gasteiger partial charge in [-0.05, 0) is 19.9 Å². The Bertz CT molecular complexity index is 813. The van der Waals surface area contributed by atoms with Crippen LogP contribution in [0.4, 0.5) is 5.69 Å². The summed E-state index contributed by atoms with van der Waals surface area (Å²) in [6.45, 7) is 3.24. The van der Waals surface area contributed by atoms with Crippen LogP contribution in [0.25, 0.3) is 0 Å². The Morgan fingerprint density at radius 3 is 2.48 bits per heavy atom. The van der Waals surface area contributed by atoms with Gasteiger partial charge in [-0.15, -0.1) is 0 Å². The molecule has 0 saturated carbocycles. The Morgan fingerprint density at radius 1 is 1.30 bits per heavy atom. The Balaban J connectivity index is 2.42. The molecule has 122 valence electrons. The lowest BCUT2D eigenvalue weighted by atomic mass is 10.2. The van der Waals surface area contributed by atoms with E-state index in [-0.39, 0.29) is 17.2 Å². The van der Waals surface area contributed by atoms with Crippen LogP contribution in [0.15, 0.2) is 21.6 Å². The van der Waals surface area contributed by atoms with Crippen LogP contribution in [0.5, 0.6) is 0 Å². The van der Waals surface area contributed by atoms with Gasteiger partial charge in [0.25, 0.3) is 17.4 Å². The molecule has 0 aromatic carbocycles. The lowest BCUT2D eigenvalue weighted by Gasteiger charge is -2.13. The van der Waals surface area contributed by atoms with Gasteiger partial charge in [0.2, 0.25) is 0 Å². The van der Waals surface area contributed by atoms with Gasteiger partial charge >= 0.3 is 0 Å². The second-order valence-electron chi connectivity index (χ2n) is 5.41. The fraction of sp³-hybridized carbons (Fsp3) is 0.333. The Morgan fingerprint density at radius 2 is 1.96 bits per heavy atom. The van der Waals surface area contributed by atoms with Gasteiger partial charge in [0.1, 0.15) is 17.0 Å². The first-order valence-electron chi connectivity index (χ1n) is 6.89. The number of pyridine rings is 1. The van der Waals surface area contributed by atoms with Crippen LogP contribution >= 0.6 is 0 Å². The molecule has 2 aromatic heterocycles. The second-order valence-corrected chi connectivity index (χ2v) is 5.41. The highest BCUT2D eigenvalue weighted by molar-refractivity contribution is 6.06. The number of nitrogens with zero attached hydrogens (tertiary/aromatic N) is 3. The summed E-state index contributed by atoms with van der Waals surface area (Å²) in [4.78, 5) is 38.0. The molecule has 0 spiro atoms. The van der Waals surface area contributed by atoms with E-state index in [1.807, 2.05) is 0 Å². The zero-order chi connectivity index (χ0) is 17.3. The van der Waals surface area contributed by atoms with Crippen molar-refractivity contribution in [1.82, 2.24) is 14.6 Å². The lowest BCUT2D eigenvalue weighted by Crippen LogP contribution is -2.28. The summed E-state index contributed by atoms with van der Waals surface area (Å²) in [7, 11) is 4.73. The number of hydrogen-bond acceptors (Lipinski definition) is 5. The van der Waals surface area contributed by atoms with Crippen molar-refractivity contribution in [3.8, 4) is 0 Å². The maximum absolute atomic E-state index is 12.3. The van der Waals surface area contributed by atoms with E-state index in [1.165, 1.54) is 28.8 Å². The zero-order valence-electron chi connectivity index (χ0n) is 13.6. The number of aromatic nitrogens is 2. The van der Waals surface area contributed by atoms with Crippen LogP contribution in [0, 0.1) is 13.8 Å². The van der Waals surface area contributed by atoms with E-state index in [0.717, 1.165) is 0 Å². The second kappa shape index (κ2) is 6.07. The average Bonchev–Trinajstić information content (AvgIpc) is 2.81. The first-order chi connectivity index (χ1) is 10.7. The maximum atomic E-state index is 12.3. The molecule has 0 aliphatic heterocycles. The number of nitrogens with one attached hydrogen (secondary N) is 1. The van der Waals surface area contributed by atoms with Crippen molar-refractivity contribution in [3.05, 3.63) is 45.2 Å². The SMILES string of the molecule is Cc1noc(C)c1C(=O)Nc1cc(C(=O)N(C)C)cn(C)c1=O. The molecular weight excluding hydrogens is 300 g/mol. The summed E-state index contributed by atoms with van der Waals surface area (Å²) in [6.07, 6.45) is 1.43. The third-order valence-corrected chi connectivity index (χ3v) is 3.35. The van der Waals surface area contributed by atoms with E-state index < -0.39 is 11.5 Å². The molecule has 0 bridgehead atoms. The molecule has 2 rings (SSSR count). The van der Waals surface area contributed by atoms with Gasteiger partial charge in [0.15, 0.2) is 0 Å². The molecule has 8 nitrogen and oxygen atoms in total. The average molecular weight is 318 g/mol. The summed E-state index contributed by atoms with van der Waals surface area (Å²) in [5.41, 5.74) is 0.602. The van der Waals surface area contributed by atoms with E-state index in [4.69, 9.17) is 4.52 Å². The van der Waals surface area contributed by atoms with Crippen LogP contribution in [-0.2, 0) is 7.05 Å². The van der Waals surface area contributed by atoms with Gasteiger partial charge in [0, 0.05) is 27.3 Å². The monoisotopic (exact) mass is 318 g/mol. The summed E-state index contributed by atoms with van der Waals surface area (Å²) < 4.78 is 6.20. The first kappa shape index (κ1) is 16.5. The molecule has 2 heterocycles. The minimum absolute atomic E-state index is 0.0187. The fourth-order valence-corrected chi connectivity index (χ4v) is 2.17. The predicted molar refractivity (Wildman–Crippen MR) is 83.6 cm³/mol. The van der Waals surface area contributed by atoms with E-state index in [1.54, 1.807) is 27.9 Å². The normalized spacial score (nSPS) is 10.5. The molecule has 23 heavy (non-hydrogen) atoms. The minimum atomic E-state index is -0.507.